The average molecular weight is 250 g/mol. The lowest BCUT2D eigenvalue weighted by atomic mass is 10.2. The second-order valence-corrected chi connectivity index (χ2v) is 3.79. The van der Waals surface area contributed by atoms with Crippen molar-refractivity contribution in [3.8, 4) is 11.4 Å². The van der Waals surface area contributed by atoms with Gasteiger partial charge in [0.1, 0.15) is 11.6 Å². The molecule has 0 bridgehead atoms. The maximum absolute atomic E-state index is 13.1. The maximum atomic E-state index is 13.1. The molecular formula is C12H12F2N4. The van der Waals surface area contributed by atoms with Gasteiger partial charge in [0.25, 0.3) is 0 Å². The van der Waals surface area contributed by atoms with E-state index in [9.17, 15) is 8.78 Å². The molecule has 1 aromatic heterocycles. The first kappa shape index (κ1) is 12.5. The van der Waals surface area contributed by atoms with E-state index in [4.69, 9.17) is 5.73 Å². The third kappa shape index (κ3) is 2.65. The van der Waals surface area contributed by atoms with Gasteiger partial charge in [-0.1, -0.05) is 0 Å². The van der Waals surface area contributed by atoms with E-state index in [-0.39, 0.29) is 0 Å². The van der Waals surface area contributed by atoms with Gasteiger partial charge < -0.3 is 5.73 Å². The molecule has 2 rings (SSSR count). The minimum atomic E-state index is -0.925. The fourth-order valence-corrected chi connectivity index (χ4v) is 1.54. The van der Waals surface area contributed by atoms with Crippen LogP contribution in [0.2, 0.25) is 0 Å². The Morgan fingerprint density at radius 1 is 1.11 bits per heavy atom. The van der Waals surface area contributed by atoms with E-state index >= 15 is 0 Å². The fraction of sp³-hybridized carbons (Fsp3) is 0.250. The highest BCUT2D eigenvalue weighted by Crippen LogP contribution is 2.18. The second-order valence-electron chi connectivity index (χ2n) is 3.79. The summed E-state index contributed by atoms with van der Waals surface area (Å²) in [5.74, 6) is -0.430. The zero-order chi connectivity index (χ0) is 13.1. The third-order valence-electron chi connectivity index (χ3n) is 2.34. The van der Waals surface area contributed by atoms with Crippen LogP contribution in [0.4, 0.5) is 8.78 Å². The van der Waals surface area contributed by atoms with Crippen LogP contribution in [-0.4, -0.2) is 21.5 Å². The van der Waals surface area contributed by atoms with E-state index in [0.717, 1.165) is 12.1 Å². The number of hydrogen-bond acceptors (Lipinski definition) is 4. The van der Waals surface area contributed by atoms with E-state index in [0.29, 0.717) is 36.0 Å². The van der Waals surface area contributed by atoms with Gasteiger partial charge in [0.2, 0.25) is 0 Å². The van der Waals surface area contributed by atoms with Gasteiger partial charge in [0, 0.05) is 12.0 Å². The van der Waals surface area contributed by atoms with Crippen molar-refractivity contribution in [2.75, 3.05) is 6.54 Å². The molecule has 0 saturated heterocycles. The Labute approximate surface area is 103 Å². The second kappa shape index (κ2) is 5.14. The lowest BCUT2D eigenvalue weighted by molar-refractivity contribution is 0.509. The van der Waals surface area contributed by atoms with Crippen molar-refractivity contribution in [3.05, 3.63) is 41.5 Å². The summed E-state index contributed by atoms with van der Waals surface area (Å²) >= 11 is 0. The van der Waals surface area contributed by atoms with Crippen LogP contribution in [0.25, 0.3) is 11.4 Å². The number of halogens is 2. The summed E-state index contributed by atoms with van der Waals surface area (Å²) in [7, 11) is 0. The van der Waals surface area contributed by atoms with Gasteiger partial charge in [-0.05, 0) is 31.7 Å². The largest absolute Gasteiger partial charge is 0.330 e. The smallest absolute Gasteiger partial charge is 0.163 e. The Kier molecular flexibility index (Phi) is 3.57. The SMILES string of the molecule is Cc1nc(CCN)nc(-c2ccc(F)c(F)c2)n1. The molecule has 94 valence electrons. The Morgan fingerprint density at radius 2 is 1.89 bits per heavy atom. The molecule has 18 heavy (non-hydrogen) atoms. The van der Waals surface area contributed by atoms with Crippen LogP contribution in [0.3, 0.4) is 0 Å². The van der Waals surface area contributed by atoms with E-state index in [1.165, 1.54) is 6.07 Å². The van der Waals surface area contributed by atoms with Crippen molar-refractivity contribution in [1.82, 2.24) is 15.0 Å². The minimum Gasteiger partial charge on any atom is -0.330 e. The lowest BCUT2D eigenvalue weighted by Gasteiger charge is -2.04. The molecule has 4 nitrogen and oxygen atoms in total. The fourth-order valence-electron chi connectivity index (χ4n) is 1.54. The van der Waals surface area contributed by atoms with E-state index < -0.39 is 11.6 Å². The molecule has 0 aliphatic carbocycles. The van der Waals surface area contributed by atoms with Gasteiger partial charge >= 0.3 is 0 Å². The molecule has 0 amide bonds. The first-order valence-electron chi connectivity index (χ1n) is 5.47. The predicted octanol–water partition coefficient (Wildman–Crippen LogP) is 1.63. The summed E-state index contributed by atoms with van der Waals surface area (Å²) in [4.78, 5) is 12.4. The van der Waals surface area contributed by atoms with Crippen LogP contribution < -0.4 is 5.73 Å². The Hall–Kier alpha value is -1.95. The number of nitrogens with zero attached hydrogens (tertiary/aromatic N) is 3. The third-order valence-corrected chi connectivity index (χ3v) is 2.34. The number of aryl methyl sites for hydroxylation is 1. The Morgan fingerprint density at radius 3 is 2.56 bits per heavy atom. The molecule has 6 heteroatoms. The first-order chi connectivity index (χ1) is 8.60. The summed E-state index contributed by atoms with van der Waals surface area (Å²) in [6.45, 7) is 2.13. The topological polar surface area (TPSA) is 64.7 Å². The molecule has 2 aromatic rings. The van der Waals surface area contributed by atoms with E-state index in [1.807, 2.05) is 0 Å². The summed E-state index contributed by atoms with van der Waals surface area (Å²) in [5, 5.41) is 0. The Bertz CT molecular complexity index is 572. The number of benzene rings is 1. The van der Waals surface area contributed by atoms with Gasteiger partial charge in [-0.2, -0.15) is 0 Å². The summed E-state index contributed by atoms with van der Waals surface area (Å²) < 4.78 is 26.0. The molecule has 0 fully saturated rings. The van der Waals surface area contributed by atoms with Crippen molar-refractivity contribution in [1.29, 1.82) is 0 Å². The molecule has 0 atom stereocenters. The van der Waals surface area contributed by atoms with E-state index in [1.54, 1.807) is 6.92 Å². The molecule has 0 unspecified atom stereocenters. The van der Waals surface area contributed by atoms with Gasteiger partial charge in [0.05, 0.1) is 0 Å². The Balaban J connectivity index is 2.46. The van der Waals surface area contributed by atoms with Crippen molar-refractivity contribution in [2.45, 2.75) is 13.3 Å². The number of aromatic nitrogens is 3. The average Bonchev–Trinajstić information content (AvgIpc) is 2.32. The first-order valence-corrected chi connectivity index (χ1v) is 5.47. The number of nitrogens with two attached hydrogens (primary N) is 1. The molecule has 0 aliphatic rings. The highest BCUT2D eigenvalue weighted by Gasteiger charge is 2.09. The maximum Gasteiger partial charge on any atom is 0.163 e. The quantitative estimate of drug-likeness (QED) is 0.899. The number of rotatable bonds is 3. The zero-order valence-electron chi connectivity index (χ0n) is 9.82. The highest BCUT2D eigenvalue weighted by atomic mass is 19.2. The molecule has 0 saturated carbocycles. The van der Waals surface area contributed by atoms with Crippen molar-refractivity contribution in [2.24, 2.45) is 5.73 Å². The highest BCUT2D eigenvalue weighted by molar-refractivity contribution is 5.54. The van der Waals surface area contributed by atoms with Gasteiger partial charge in [-0.25, -0.2) is 23.7 Å². The van der Waals surface area contributed by atoms with Gasteiger partial charge in [-0.15, -0.1) is 0 Å². The summed E-state index contributed by atoms with van der Waals surface area (Å²) in [5.41, 5.74) is 5.85. The normalized spacial score (nSPS) is 10.7. The minimum absolute atomic E-state index is 0.324. The van der Waals surface area contributed by atoms with Crippen molar-refractivity contribution >= 4 is 0 Å². The molecule has 0 spiro atoms. The van der Waals surface area contributed by atoms with Gasteiger partial charge in [-0.3, -0.25) is 0 Å². The summed E-state index contributed by atoms with van der Waals surface area (Å²) in [6, 6.07) is 3.54. The molecule has 2 N–H and O–H groups in total. The van der Waals surface area contributed by atoms with Crippen LogP contribution >= 0.6 is 0 Å². The molecule has 0 radical (unpaired) electrons. The van der Waals surface area contributed by atoms with E-state index in [2.05, 4.69) is 15.0 Å². The summed E-state index contributed by atoms with van der Waals surface area (Å²) in [6.07, 6.45) is 0.514. The monoisotopic (exact) mass is 250 g/mol. The van der Waals surface area contributed by atoms with Crippen LogP contribution in [0.1, 0.15) is 11.6 Å². The predicted molar refractivity (Wildman–Crippen MR) is 62.7 cm³/mol. The van der Waals surface area contributed by atoms with Crippen molar-refractivity contribution < 1.29 is 8.78 Å². The molecule has 1 heterocycles. The lowest BCUT2D eigenvalue weighted by Crippen LogP contribution is -2.09. The number of hydrogen-bond donors (Lipinski definition) is 1. The van der Waals surface area contributed by atoms with Gasteiger partial charge in [0.15, 0.2) is 17.5 Å². The van der Waals surface area contributed by atoms with Crippen LogP contribution in [0.5, 0.6) is 0 Å². The van der Waals surface area contributed by atoms with Crippen molar-refractivity contribution in [3.63, 3.8) is 0 Å². The molecule has 1 aromatic carbocycles. The standard InChI is InChI=1S/C12H12F2N4/c1-7-16-11(4-5-15)18-12(17-7)8-2-3-9(13)10(14)6-8/h2-3,6H,4-5,15H2,1H3. The molecular weight excluding hydrogens is 238 g/mol. The molecule has 0 aliphatic heterocycles. The van der Waals surface area contributed by atoms with Crippen LogP contribution in [0.15, 0.2) is 18.2 Å². The van der Waals surface area contributed by atoms with Crippen LogP contribution in [0, 0.1) is 18.6 Å². The van der Waals surface area contributed by atoms with Crippen LogP contribution in [-0.2, 0) is 6.42 Å². The zero-order valence-corrected chi connectivity index (χ0v) is 9.82.